The second kappa shape index (κ2) is 16.4. The minimum absolute atomic E-state index is 0.0307. The number of phosphoric ester groups is 1. The number of carbonyl (C=O) groups excluding carboxylic acids is 1. The quantitative estimate of drug-likeness (QED) is 0.117. The SMILES string of the molecule is CCNC(=O)Nc1cc(-c2nc(C(F)(F)F)cs2)c(-c2ccc3c(c2CC)c(=O)c(C(=O)O)cn3C(COP(=O)(OC(C)(C)C)OC(C)(C)C)C(C)(C)C)cn1. The van der Waals surface area contributed by atoms with Gasteiger partial charge in [0.1, 0.15) is 16.4 Å². The Bertz CT molecular complexity index is 2200. The summed E-state index contributed by atoms with van der Waals surface area (Å²) in [6, 6.07) is 3.33. The van der Waals surface area contributed by atoms with Crippen LogP contribution in [0.2, 0.25) is 0 Å². The van der Waals surface area contributed by atoms with Crippen LogP contribution in [0.25, 0.3) is 32.6 Å². The lowest BCUT2D eigenvalue weighted by atomic mass is 9.86. The number of aromatic carboxylic acids is 1. The molecule has 3 aromatic heterocycles. The summed E-state index contributed by atoms with van der Waals surface area (Å²) >= 11 is 0.738. The summed E-state index contributed by atoms with van der Waals surface area (Å²) in [5, 5.41) is 16.3. The van der Waals surface area contributed by atoms with Crippen molar-refractivity contribution < 1.29 is 46.0 Å². The Labute approximate surface area is 327 Å². The molecule has 0 radical (unpaired) electrons. The maximum Gasteiger partial charge on any atom is 0.475 e. The van der Waals surface area contributed by atoms with E-state index in [-0.39, 0.29) is 40.4 Å². The number of aromatic nitrogens is 3. The Morgan fingerprint density at radius 1 is 0.982 bits per heavy atom. The second-order valence-electron chi connectivity index (χ2n) is 16.1. The van der Waals surface area contributed by atoms with E-state index in [0.29, 0.717) is 23.2 Å². The summed E-state index contributed by atoms with van der Waals surface area (Å²) in [5.74, 6) is -1.46. The number of nitrogens with zero attached hydrogens (tertiary/aromatic N) is 3. The lowest BCUT2D eigenvalue weighted by Crippen LogP contribution is -2.32. The van der Waals surface area contributed by atoms with Crippen LogP contribution in [0.5, 0.6) is 0 Å². The summed E-state index contributed by atoms with van der Waals surface area (Å²) in [5.41, 5.74) is -3.44. The molecule has 1 atom stereocenters. The number of benzene rings is 1. The third-order valence-electron chi connectivity index (χ3n) is 8.19. The van der Waals surface area contributed by atoms with Gasteiger partial charge in [0.15, 0.2) is 5.69 Å². The van der Waals surface area contributed by atoms with E-state index in [2.05, 4.69) is 20.6 Å². The molecule has 0 aliphatic carbocycles. The number of nitrogens with one attached hydrogen (secondary N) is 2. The summed E-state index contributed by atoms with van der Waals surface area (Å²) in [4.78, 5) is 47.4. The monoisotopic (exact) mass is 823 g/mol. The molecule has 0 bridgehead atoms. The molecule has 4 aromatic rings. The first-order valence-electron chi connectivity index (χ1n) is 17.9. The first-order chi connectivity index (χ1) is 25.7. The van der Waals surface area contributed by atoms with Gasteiger partial charge in [0.2, 0.25) is 5.43 Å². The van der Waals surface area contributed by atoms with E-state index >= 15 is 0 Å². The Morgan fingerprint density at radius 2 is 1.61 bits per heavy atom. The van der Waals surface area contributed by atoms with Crippen LogP contribution in [0, 0.1) is 5.41 Å². The van der Waals surface area contributed by atoms with E-state index in [9.17, 15) is 37.2 Å². The number of anilines is 1. The first kappa shape index (κ1) is 44.6. The number of halogens is 3. The van der Waals surface area contributed by atoms with Crippen LogP contribution in [0.15, 0.2) is 40.8 Å². The molecule has 0 saturated heterocycles. The van der Waals surface area contributed by atoms with Gasteiger partial charge in [-0.05, 0) is 83.6 Å². The molecule has 2 amide bonds. The average molecular weight is 824 g/mol. The van der Waals surface area contributed by atoms with Gasteiger partial charge in [-0.15, -0.1) is 11.3 Å². The summed E-state index contributed by atoms with van der Waals surface area (Å²) in [6.07, 6.45) is -1.95. The number of aryl methyl sites for hydroxylation is 1. The fraction of sp³-hybridized carbons (Fsp3) is 0.500. The van der Waals surface area contributed by atoms with Crippen molar-refractivity contribution in [3.63, 3.8) is 0 Å². The number of carboxylic acid groups (broad SMARTS) is 1. The highest BCUT2D eigenvalue weighted by molar-refractivity contribution is 7.48. The number of urea groups is 1. The van der Waals surface area contributed by atoms with Crippen molar-refractivity contribution in [3.05, 3.63) is 63.0 Å². The van der Waals surface area contributed by atoms with Gasteiger partial charge in [0, 0.05) is 35.4 Å². The number of carbonyl (C=O) groups is 2. The zero-order valence-corrected chi connectivity index (χ0v) is 35.0. The van der Waals surface area contributed by atoms with Crippen LogP contribution in [0.1, 0.15) is 104 Å². The number of alkyl halides is 3. The predicted molar refractivity (Wildman–Crippen MR) is 210 cm³/mol. The minimum atomic E-state index is -4.72. The van der Waals surface area contributed by atoms with Gasteiger partial charge in [-0.1, -0.05) is 33.8 Å². The molecule has 3 N–H and O–H groups in total. The smallest absolute Gasteiger partial charge is 0.475 e. The lowest BCUT2D eigenvalue weighted by molar-refractivity contribution is -0.140. The van der Waals surface area contributed by atoms with Crippen LogP contribution in [-0.2, 0) is 30.7 Å². The number of hydrogen-bond acceptors (Lipinski definition) is 10. The molecule has 1 aromatic carbocycles. The van der Waals surface area contributed by atoms with Gasteiger partial charge in [-0.3, -0.25) is 23.7 Å². The molecule has 4 rings (SSSR count). The van der Waals surface area contributed by atoms with E-state index < -0.39 is 65.3 Å². The third-order valence-corrected chi connectivity index (χ3v) is 11.1. The van der Waals surface area contributed by atoms with Crippen molar-refractivity contribution in [1.29, 1.82) is 0 Å². The van der Waals surface area contributed by atoms with Crippen molar-refractivity contribution in [2.45, 2.75) is 106 Å². The van der Waals surface area contributed by atoms with E-state index in [1.54, 1.807) is 72.1 Å². The molecule has 1 unspecified atom stereocenters. The van der Waals surface area contributed by atoms with E-state index in [0.717, 1.165) is 16.7 Å². The molecule has 56 heavy (non-hydrogen) atoms. The maximum atomic E-state index is 14.2. The van der Waals surface area contributed by atoms with Gasteiger partial charge in [-0.2, -0.15) is 13.2 Å². The molecule has 0 aliphatic rings. The van der Waals surface area contributed by atoms with Gasteiger partial charge in [0.25, 0.3) is 0 Å². The normalized spacial score (nSPS) is 13.5. The molecule has 0 saturated carbocycles. The van der Waals surface area contributed by atoms with Crippen LogP contribution < -0.4 is 16.1 Å². The van der Waals surface area contributed by atoms with Crippen LogP contribution in [0.4, 0.5) is 23.8 Å². The highest BCUT2D eigenvalue weighted by atomic mass is 32.1. The molecular weight excluding hydrogens is 774 g/mol. The standard InChI is InChI=1S/C38H49F3N5O8PS/c1-12-21-22(24-17-43-29(45-34(50)42-13-2)16-23(24)32-44-27(20-56-32)38(39,40)41)14-15-26-30(21)31(47)25(33(48)49)18-46(26)28(35(3,4)5)19-52-55(51,53-36(6,7)8)54-37(9,10)11/h14-18,20,28H,12-13,19H2,1-11H3,(H,48,49)(H2,42,43,45,50). The number of hydrogen-bond donors (Lipinski definition) is 3. The zero-order chi connectivity index (χ0) is 42.2. The maximum absolute atomic E-state index is 14.2. The second-order valence-corrected chi connectivity index (χ2v) is 18.5. The molecule has 3 heterocycles. The Morgan fingerprint density at radius 3 is 2.11 bits per heavy atom. The molecule has 0 fully saturated rings. The molecule has 0 aliphatic heterocycles. The van der Waals surface area contributed by atoms with Crippen molar-refractivity contribution in [3.8, 4) is 21.7 Å². The molecule has 18 heteroatoms. The first-order valence-corrected chi connectivity index (χ1v) is 20.2. The molecule has 0 spiro atoms. The number of thiazole rings is 1. The number of rotatable bonds is 12. The molecule has 13 nitrogen and oxygen atoms in total. The third kappa shape index (κ3) is 10.6. The van der Waals surface area contributed by atoms with Gasteiger partial charge < -0.3 is 15.0 Å². The molecular formula is C38H49F3N5O8PS. The van der Waals surface area contributed by atoms with Crippen molar-refractivity contribution in [2.24, 2.45) is 5.41 Å². The average Bonchev–Trinajstić information content (AvgIpc) is 3.54. The van der Waals surface area contributed by atoms with Crippen molar-refractivity contribution in [1.82, 2.24) is 19.9 Å². The van der Waals surface area contributed by atoms with E-state index in [1.807, 2.05) is 20.8 Å². The minimum Gasteiger partial charge on any atom is -0.477 e. The summed E-state index contributed by atoms with van der Waals surface area (Å²) in [7, 11) is -4.24. The highest BCUT2D eigenvalue weighted by Gasteiger charge is 2.40. The fourth-order valence-electron chi connectivity index (χ4n) is 5.95. The highest BCUT2D eigenvalue weighted by Crippen LogP contribution is 2.56. The van der Waals surface area contributed by atoms with Crippen LogP contribution >= 0.6 is 19.2 Å². The Kier molecular flexibility index (Phi) is 13.0. The summed E-state index contributed by atoms with van der Waals surface area (Å²) in [6.45, 7) is 19.3. The fourth-order valence-corrected chi connectivity index (χ4v) is 8.62. The lowest BCUT2D eigenvalue weighted by Gasteiger charge is -2.36. The number of amides is 2. The van der Waals surface area contributed by atoms with Crippen molar-refractivity contribution in [2.75, 3.05) is 18.5 Å². The Balaban J connectivity index is 2.02. The van der Waals surface area contributed by atoms with Crippen LogP contribution in [0.3, 0.4) is 0 Å². The number of pyridine rings is 2. The molecule has 306 valence electrons. The van der Waals surface area contributed by atoms with E-state index in [4.69, 9.17) is 13.6 Å². The Hall–Kier alpha value is -4.15. The summed E-state index contributed by atoms with van der Waals surface area (Å²) < 4.78 is 74.6. The zero-order valence-electron chi connectivity index (χ0n) is 33.3. The van der Waals surface area contributed by atoms with E-state index in [1.165, 1.54) is 18.5 Å². The van der Waals surface area contributed by atoms with Crippen LogP contribution in [-0.4, -0.2) is 56.0 Å². The topological polar surface area (TPSA) is 171 Å². The van der Waals surface area contributed by atoms with Gasteiger partial charge in [-0.25, -0.2) is 24.1 Å². The number of fused-ring (bicyclic) bond motifs is 1. The number of carboxylic acids is 1. The van der Waals surface area contributed by atoms with Crippen molar-refractivity contribution >= 4 is 47.9 Å². The van der Waals surface area contributed by atoms with Gasteiger partial charge >= 0.3 is 26.0 Å². The van der Waals surface area contributed by atoms with Gasteiger partial charge in [0.05, 0.1) is 34.8 Å². The number of phosphoric acid groups is 1. The predicted octanol–water partition coefficient (Wildman–Crippen LogP) is 9.95. The largest absolute Gasteiger partial charge is 0.477 e.